The third-order valence-electron chi connectivity index (χ3n) is 10.3. The van der Waals surface area contributed by atoms with E-state index in [0.29, 0.717) is 33.4 Å². The predicted octanol–water partition coefficient (Wildman–Crippen LogP) is 12.3. The van der Waals surface area contributed by atoms with Gasteiger partial charge in [0, 0.05) is 16.3 Å². The van der Waals surface area contributed by atoms with Crippen molar-refractivity contribution in [1.29, 1.82) is 5.26 Å². The van der Waals surface area contributed by atoms with Gasteiger partial charge in [-0.3, -0.25) is 0 Å². The van der Waals surface area contributed by atoms with E-state index < -0.39 is 24.9 Å². The van der Waals surface area contributed by atoms with Gasteiger partial charge >= 0.3 is 201 Å². The van der Waals surface area contributed by atoms with Gasteiger partial charge < -0.3 is 4.42 Å². The molecular weight excluding hydrogens is 735 g/mol. The minimum absolute atomic E-state index is 0.0163. The van der Waals surface area contributed by atoms with Crippen LogP contribution in [0.5, 0.6) is 0 Å². The molecule has 0 bridgehead atoms. The fourth-order valence-corrected chi connectivity index (χ4v) is 9.91. The maximum atomic E-state index is 16.4. The molecule has 0 spiro atoms. The van der Waals surface area contributed by atoms with Crippen LogP contribution in [-0.2, 0) is 0 Å². The van der Waals surface area contributed by atoms with E-state index >= 15 is 8.78 Å². The Morgan fingerprint density at radius 3 is 2.07 bits per heavy atom. The maximum absolute atomic E-state index is 16.4. The van der Waals surface area contributed by atoms with Crippen LogP contribution in [0.4, 0.5) is 8.78 Å². The van der Waals surface area contributed by atoms with Crippen LogP contribution >= 0.6 is 0 Å². The number of hydrogen-bond donors (Lipinski definition) is 0. The van der Waals surface area contributed by atoms with Crippen molar-refractivity contribution in [2.45, 2.75) is 56.8 Å². The van der Waals surface area contributed by atoms with Crippen LogP contribution in [0.1, 0.15) is 56.4 Å². The molecule has 0 fully saturated rings. The Kier molecular flexibility index (Phi) is 8.77. The zero-order chi connectivity index (χ0) is 38.1. The van der Waals surface area contributed by atoms with Crippen LogP contribution in [0.2, 0.25) is 17.3 Å². The fraction of sp³-hybridized carbons (Fsp3) is 0.196. The number of fused-ring (bicyclic) bond motifs is 4. The number of aromatic nitrogens is 3. The van der Waals surface area contributed by atoms with E-state index in [2.05, 4.69) is 90.9 Å². The number of pyridine rings is 1. The van der Waals surface area contributed by atoms with Gasteiger partial charge in [-0.25, -0.2) is 13.8 Å². The summed E-state index contributed by atoms with van der Waals surface area (Å²) in [6, 6.07) is 34.6. The zero-order valence-corrected chi connectivity index (χ0v) is 33.5. The van der Waals surface area contributed by atoms with E-state index in [-0.39, 0.29) is 28.7 Å². The van der Waals surface area contributed by atoms with Crippen molar-refractivity contribution in [3.8, 4) is 45.5 Å². The van der Waals surface area contributed by atoms with Gasteiger partial charge in [-0.15, -0.1) is 0 Å². The molecule has 54 heavy (non-hydrogen) atoms. The molecule has 3 heterocycles. The summed E-state index contributed by atoms with van der Waals surface area (Å²) in [6.45, 7) is 8.79. The molecule has 8 rings (SSSR count). The van der Waals surface area contributed by atoms with Crippen LogP contribution in [-0.4, -0.2) is 27.8 Å². The van der Waals surface area contributed by atoms with Crippen LogP contribution in [0.3, 0.4) is 0 Å². The summed E-state index contributed by atoms with van der Waals surface area (Å²) >= 11 is -1.99. The number of para-hydroxylation sites is 2. The predicted molar refractivity (Wildman–Crippen MR) is 218 cm³/mol. The molecule has 268 valence electrons. The van der Waals surface area contributed by atoms with E-state index in [1.807, 2.05) is 30.3 Å². The van der Waals surface area contributed by atoms with E-state index in [9.17, 15) is 5.26 Å². The molecule has 5 nitrogen and oxygen atoms in total. The summed E-state index contributed by atoms with van der Waals surface area (Å²) < 4.78 is 42.3. The number of benzene rings is 5. The summed E-state index contributed by atoms with van der Waals surface area (Å²) in [5.41, 5.74) is 8.61. The van der Waals surface area contributed by atoms with E-state index in [1.165, 1.54) is 22.1 Å². The number of furan rings is 1. The van der Waals surface area contributed by atoms with Gasteiger partial charge in [-0.05, 0) is 30.3 Å². The number of rotatable bonds is 7. The second-order valence-electron chi connectivity index (χ2n) is 15.7. The summed E-state index contributed by atoms with van der Waals surface area (Å²) in [7, 11) is 0. The fourth-order valence-electron chi connectivity index (χ4n) is 7.47. The summed E-state index contributed by atoms with van der Waals surface area (Å²) in [4.78, 5) is 9.45. The molecule has 8 heteroatoms. The Morgan fingerprint density at radius 1 is 0.704 bits per heavy atom. The molecule has 0 saturated carbocycles. The zero-order valence-electron chi connectivity index (χ0n) is 31.4. The van der Waals surface area contributed by atoms with Crippen LogP contribution < -0.4 is 4.40 Å². The van der Waals surface area contributed by atoms with Gasteiger partial charge in [0.2, 0.25) is 0 Å². The SMILES string of the molecule is CC(C)c1cc(-c2cc[c]([Ge]([CH3])([CH3])[CH3])cc2)cc(C(C)C)c1-n1c(-c2cc(F)cc3c2oc2c(F)c(-c4cccc(C#N)n4)ccc23)nc2ccccc21. The van der Waals surface area contributed by atoms with Crippen molar-refractivity contribution in [1.82, 2.24) is 14.5 Å². The summed E-state index contributed by atoms with van der Waals surface area (Å²) in [5.74, 6) is 6.87. The molecule has 0 saturated heterocycles. The molecule has 0 unspecified atom stereocenters. The number of imidazole rings is 1. The number of nitrogens with zero attached hydrogens (tertiary/aromatic N) is 4. The van der Waals surface area contributed by atoms with E-state index in [4.69, 9.17) is 9.40 Å². The monoisotopic (exact) mass is 776 g/mol. The standard InChI is InChI=1S/C46H40F2GeN4O/c1-26(2)35-21-29(28-15-17-31(18-16-28)49(5,6)7)22-36(27(3)4)43(35)53-41-14-9-8-12-40(41)52-46(53)38-24-30(47)23-37-33-19-20-34(42(48)45(33)54-44(37)38)39-13-10-11-32(25-50)51-39/h8-24,26-27H,1-7H3. The van der Waals surface area contributed by atoms with Crippen molar-refractivity contribution < 1.29 is 13.2 Å². The van der Waals surface area contributed by atoms with Crippen molar-refractivity contribution in [2.75, 3.05) is 0 Å². The molecule has 0 N–H and O–H groups in total. The van der Waals surface area contributed by atoms with Crippen molar-refractivity contribution in [3.63, 3.8) is 0 Å². The molecule has 0 aliphatic rings. The number of nitriles is 1. The van der Waals surface area contributed by atoms with Gasteiger partial charge in [0.15, 0.2) is 11.4 Å². The molecule has 5 aromatic carbocycles. The molecular formula is C46H40F2GeN4O. The molecule has 0 aliphatic carbocycles. The first-order valence-electron chi connectivity index (χ1n) is 18.3. The normalized spacial score (nSPS) is 12.1. The third-order valence-corrected chi connectivity index (χ3v) is 14.6. The Hall–Kier alpha value is -5.59. The average Bonchev–Trinajstić information content (AvgIpc) is 3.73. The Labute approximate surface area is 316 Å². The second kappa shape index (κ2) is 13.4. The Bertz CT molecular complexity index is 2770. The summed E-state index contributed by atoms with van der Waals surface area (Å²) in [5, 5.41) is 10.3. The first-order valence-corrected chi connectivity index (χ1v) is 25.7. The molecule has 0 amide bonds. The van der Waals surface area contributed by atoms with Gasteiger partial charge in [0.05, 0.1) is 5.69 Å². The quantitative estimate of drug-likeness (QED) is 0.151. The summed E-state index contributed by atoms with van der Waals surface area (Å²) in [6.07, 6.45) is 0. The van der Waals surface area contributed by atoms with Crippen LogP contribution in [0, 0.1) is 23.0 Å². The number of halogens is 2. The molecule has 0 atom stereocenters. The first kappa shape index (κ1) is 35.4. The molecule has 3 aromatic heterocycles. The van der Waals surface area contributed by atoms with Gasteiger partial charge in [-0.2, -0.15) is 5.26 Å². The number of hydrogen-bond acceptors (Lipinski definition) is 4. The van der Waals surface area contributed by atoms with Gasteiger partial charge in [-0.1, -0.05) is 12.1 Å². The molecule has 8 aromatic rings. The molecule has 0 aliphatic heterocycles. The van der Waals surface area contributed by atoms with Crippen molar-refractivity contribution in [2.24, 2.45) is 0 Å². The van der Waals surface area contributed by atoms with Gasteiger partial charge in [0.25, 0.3) is 0 Å². The minimum atomic E-state index is -1.99. The van der Waals surface area contributed by atoms with Gasteiger partial charge in [0.1, 0.15) is 17.6 Å². The second-order valence-corrected chi connectivity index (χ2v) is 26.3. The Balaban J connectivity index is 1.40. The van der Waals surface area contributed by atoms with E-state index in [1.54, 1.807) is 30.3 Å². The van der Waals surface area contributed by atoms with Crippen molar-refractivity contribution in [3.05, 3.63) is 132 Å². The topological polar surface area (TPSA) is 67.6 Å². The third kappa shape index (κ3) is 5.99. The Morgan fingerprint density at radius 2 is 1.41 bits per heavy atom. The van der Waals surface area contributed by atoms with Crippen molar-refractivity contribution >= 4 is 50.6 Å². The average molecular weight is 775 g/mol. The van der Waals surface area contributed by atoms with Crippen LogP contribution in [0.25, 0.3) is 72.4 Å². The van der Waals surface area contributed by atoms with E-state index in [0.717, 1.165) is 33.4 Å². The van der Waals surface area contributed by atoms with Crippen LogP contribution in [0.15, 0.2) is 108 Å². The molecule has 0 radical (unpaired) electrons. The first-order chi connectivity index (χ1) is 25.8.